The maximum atomic E-state index is 11.8. The normalized spacial score (nSPS) is 10.2. The van der Waals surface area contributed by atoms with Crippen LogP contribution in [0.5, 0.6) is 0 Å². The Labute approximate surface area is 129 Å². The summed E-state index contributed by atoms with van der Waals surface area (Å²) in [7, 11) is 0. The van der Waals surface area contributed by atoms with E-state index in [4.69, 9.17) is 4.74 Å². The molecule has 1 rings (SSSR count). The Bertz CT molecular complexity index is 450. The molecule has 1 aromatic rings. The second-order valence-corrected chi connectivity index (χ2v) is 5.46. The highest BCUT2D eigenvalue weighted by Gasteiger charge is 2.16. The highest BCUT2D eigenvalue weighted by Crippen LogP contribution is 2.08. The van der Waals surface area contributed by atoms with Crippen LogP contribution >= 0.6 is 0 Å². The Morgan fingerprint density at radius 1 is 1.14 bits per heavy atom. The molecule has 21 heavy (non-hydrogen) atoms. The van der Waals surface area contributed by atoms with Gasteiger partial charge in [0, 0.05) is 13.5 Å². The molecule has 0 saturated heterocycles. The van der Waals surface area contributed by atoms with Crippen molar-refractivity contribution in [1.82, 2.24) is 5.32 Å². The molecule has 1 aromatic carbocycles. The number of benzene rings is 1. The Morgan fingerprint density at radius 3 is 2.14 bits per heavy atom. The predicted molar refractivity (Wildman–Crippen MR) is 87.4 cm³/mol. The van der Waals surface area contributed by atoms with Gasteiger partial charge in [-0.3, -0.25) is 9.59 Å². The van der Waals surface area contributed by atoms with Crippen molar-refractivity contribution in [2.75, 3.05) is 6.54 Å². The number of hydrogen-bond donors (Lipinski definition) is 1. The number of aryl methyl sites for hydroxylation is 1. The third-order valence-electron chi connectivity index (χ3n) is 2.35. The van der Waals surface area contributed by atoms with Crippen molar-refractivity contribution in [1.29, 1.82) is 0 Å². The van der Waals surface area contributed by atoms with Crippen LogP contribution in [0.25, 0.3) is 0 Å². The third kappa shape index (κ3) is 8.84. The Morgan fingerprint density at radius 2 is 1.67 bits per heavy atom. The van der Waals surface area contributed by atoms with E-state index < -0.39 is 5.60 Å². The topological polar surface area (TPSA) is 55.4 Å². The van der Waals surface area contributed by atoms with E-state index in [1.807, 2.05) is 53.7 Å². The fourth-order valence-corrected chi connectivity index (χ4v) is 1.48. The van der Waals surface area contributed by atoms with Gasteiger partial charge < -0.3 is 10.1 Å². The molecule has 120 valence electrons. The second kappa shape index (κ2) is 9.16. The third-order valence-corrected chi connectivity index (χ3v) is 2.35. The molecule has 1 amide bonds. The van der Waals surface area contributed by atoms with Gasteiger partial charge in [0.05, 0.1) is 6.42 Å². The first kappa shape index (κ1) is 19.2. The van der Waals surface area contributed by atoms with Crippen LogP contribution in [-0.2, 0) is 9.53 Å². The van der Waals surface area contributed by atoms with Crippen molar-refractivity contribution in [3.8, 4) is 0 Å². The van der Waals surface area contributed by atoms with Gasteiger partial charge in [0.2, 0.25) is 0 Å². The van der Waals surface area contributed by atoms with Crippen LogP contribution in [0.4, 0.5) is 0 Å². The number of carbonyl (C=O) groups excluding carboxylic acids is 2. The summed E-state index contributed by atoms with van der Waals surface area (Å²) in [6.45, 7) is 11.7. The van der Waals surface area contributed by atoms with E-state index in [1.54, 1.807) is 12.1 Å². The number of nitrogens with one attached hydrogen (secondary N) is 1. The minimum Gasteiger partial charge on any atom is -0.460 e. The summed E-state index contributed by atoms with van der Waals surface area (Å²) in [5, 5.41) is 2.70. The quantitative estimate of drug-likeness (QED) is 0.861. The van der Waals surface area contributed by atoms with Crippen LogP contribution in [0.3, 0.4) is 0 Å². The zero-order valence-corrected chi connectivity index (χ0v) is 13.9. The molecule has 0 atom stereocenters. The van der Waals surface area contributed by atoms with E-state index in [-0.39, 0.29) is 26.3 Å². The lowest BCUT2D eigenvalue weighted by atomic mass is 10.1. The SMILES string of the molecule is CC.Cc1ccc(C(=O)NCCC(=O)OC(C)(C)C)cc1.[HH]. The van der Waals surface area contributed by atoms with Gasteiger partial charge in [-0.25, -0.2) is 0 Å². The Hall–Kier alpha value is -1.84. The lowest BCUT2D eigenvalue weighted by Gasteiger charge is -2.19. The molecule has 0 saturated carbocycles. The molecule has 0 aliphatic heterocycles. The van der Waals surface area contributed by atoms with E-state index in [2.05, 4.69) is 5.32 Å². The number of amides is 1. The van der Waals surface area contributed by atoms with Gasteiger partial charge in [-0.2, -0.15) is 0 Å². The van der Waals surface area contributed by atoms with Crippen molar-refractivity contribution < 1.29 is 15.8 Å². The average molecular weight is 295 g/mol. The van der Waals surface area contributed by atoms with Crippen LogP contribution in [0.1, 0.15) is 58.4 Å². The summed E-state index contributed by atoms with van der Waals surface area (Å²) < 4.78 is 5.15. The first-order valence-corrected chi connectivity index (χ1v) is 7.34. The average Bonchev–Trinajstić information content (AvgIpc) is 2.39. The van der Waals surface area contributed by atoms with Crippen LogP contribution < -0.4 is 5.32 Å². The molecular formula is C17H29NO3. The minimum atomic E-state index is -0.488. The fraction of sp³-hybridized carbons (Fsp3) is 0.529. The number of rotatable bonds is 4. The van der Waals surface area contributed by atoms with E-state index in [0.29, 0.717) is 5.56 Å². The second-order valence-electron chi connectivity index (χ2n) is 5.46. The molecule has 1 N–H and O–H groups in total. The summed E-state index contributed by atoms with van der Waals surface area (Å²) in [5.41, 5.74) is 1.21. The fourth-order valence-electron chi connectivity index (χ4n) is 1.48. The Kier molecular flexibility index (Phi) is 8.36. The van der Waals surface area contributed by atoms with Crippen molar-refractivity contribution in [3.63, 3.8) is 0 Å². The van der Waals surface area contributed by atoms with Crippen molar-refractivity contribution in [2.45, 2.75) is 53.6 Å². The minimum absolute atomic E-state index is 0. The zero-order valence-electron chi connectivity index (χ0n) is 13.9. The molecule has 0 bridgehead atoms. The zero-order chi connectivity index (χ0) is 16.5. The highest BCUT2D eigenvalue weighted by atomic mass is 16.6. The van der Waals surface area contributed by atoms with E-state index in [1.165, 1.54) is 0 Å². The Balaban J connectivity index is 0. The van der Waals surface area contributed by atoms with Crippen molar-refractivity contribution in [3.05, 3.63) is 35.4 Å². The first-order chi connectivity index (χ1) is 9.78. The maximum Gasteiger partial charge on any atom is 0.308 e. The van der Waals surface area contributed by atoms with Gasteiger partial charge in [0.25, 0.3) is 5.91 Å². The van der Waals surface area contributed by atoms with Crippen LogP contribution in [0.2, 0.25) is 0 Å². The molecule has 0 fully saturated rings. The molecule has 0 aliphatic rings. The van der Waals surface area contributed by atoms with Crippen LogP contribution in [0, 0.1) is 6.92 Å². The lowest BCUT2D eigenvalue weighted by molar-refractivity contribution is -0.154. The largest absolute Gasteiger partial charge is 0.460 e. The monoisotopic (exact) mass is 295 g/mol. The van der Waals surface area contributed by atoms with Gasteiger partial charge in [0.1, 0.15) is 5.60 Å². The molecule has 0 heterocycles. The predicted octanol–water partition coefficient (Wildman–Crippen LogP) is 3.73. The van der Waals surface area contributed by atoms with Gasteiger partial charge >= 0.3 is 5.97 Å². The molecule has 4 nitrogen and oxygen atoms in total. The van der Waals surface area contributed by atoms with Crippen molar-refractivity contribution in [2.24, 2.45) is 0 Å². The van der Waals surface area contributed by atoms with Crippen LogP contribution in [-0.4, -0.2) is 24.0 Å². The molecule has 0 radical (unpaired) electrons. The standard InChI is InChI=1S/C15H21NO3.C2H6.H2/c1-11-5-7-12(8-6-11)14(18)16-10-9-13(17)19-15(2,3)4;1-2;/h5-8H,9-10H2,1-4H3,(H,16,18);1-2H3;1H. The van der Waals surface area contributed by atoms with E-state index in [0.717, 1.165) is 5.56 Å². The molecular weight excluding hydrogens is 266 g/mol. The molecule has 0 aliphatic carbocycles. The number of hydrogen-bond acceptors (Lipinski definition) is 3. The number of carbonyl (C=O) groups is 2. The van der Waals surface area contributed by atoms with Gasteiger partial charge in [-0.05, 0) is 39.8 Å². The number of ether oxygens (including phenoxy) is 1. The van der Waals surface area contributed by atoms with Gasteiger partial charge in [0.15, 0.2) is 0 Å². The van der Waals surface area contributed by atoms with E-state index in [9.17, 15) is 9.59 Å². The van der Waals surface area contributed by atoms with Crippen molar-refractivity contribution >= 4 is 11.9 Å². The maximum absolute atomic E-state index is 11.8. The molecule has 0 aromatic heterocycles. The summed E-state index contributed by atoms with van der Waals surface area (Å²) in [6.07, 6.45) is 0.175. The lowest BCUT2D eigenvalue weighted by Crippen LogP contribution is -2.29. The van der Waals surface area contributed by atoms with Gasteiger partial charge in [-0.15, -0.1) is 0 Å². The van der Waals surface area contributed by atoms with Crippen LogP contribution in [0.15, 0.2) is 24.3 Å². The molecule has 0 spiro atoms. The smallest absolute Gasteiger partial charge is 0.308 e. The molecule has 4 heteroatoms. The van der Waals surface area contributed by atoms with E-state index >= 15 is 0 Å². The summed E-state index contributed by atoms with van der Waals surface area (Å²) in [4.78, 5) is 23.2. The number of esters is 1. The molecule has 0 unspecified atom stereocenters. The highest BCUT2D eigenvalue weighted by molar-refractivity contribution is 5.94. The summed E-state index contributed by atoms with van der Waals surface area (Å²) >= 11 is 0. The van der Waals surface area contributed by atoms with Gasteiger partial charge in [-0.1, -0.05) is 31.5 Å². The first-order valence-electron chi connectivity index (χ1n) is 7.34. The summed E-state index contributed by atoms with van der Waals surface area (Å²) in [6, 6.07) is 7.28. The summed E-state index contributed by atoms with van der Waals surface area (Å²) in [5.74, 6) is -0.486.